The molecule has 0 unspecified atom stereocenters. The molecule has 6 heteroatoms. The molecule has 1 aromatic heterocycles. The molecule has 2 aromatic rings. The van der Waals surface area contributed by atoms with Crippen LogP contribution in [0.15, 0.2) is 28.8 Å². The number of piperazine rings is 1. The Hall–Kier alpha value is -2.21. The molecular formula is C24H34N4O2. The molecule has 2 heterocycles. The molecule has 0 spiro atoms. The number of nitrogens with zero attached hydrogens (tertiary/aromatic N) is 4. The van der Waals surface area contributed by atoms with Crippen LogP contribution in [0.5, 0.6) is 0 Å². The first kappa shape index (κ1) is 21.0. The van der Waals surface area contributed by atoms with E-state index in [-0.39, 0.29) is 0 Å². The van der Waals surface area contributed by atoms with E-state index < -0.39 is 0 Å². The molecular weight excluding hydrogens is 376 g/mol. The number of rotatable bonds is 7. The first-order valence-corrected chi connectivity index (χ1v) is 11.6. The largest absolute Gasteiger partial charge is 0.340 e. The Morgan fingerprint density at radius 1 is 1.07 bits per heavy atom. The van der Waals surface area contributed by atoms with Crippen molar-refractivity contribution in [1.29, 1.82) is 0 Å². The van der Waals surface area contributed by atoms with Crippen molar-refractivity contribution in [1.82, 2.24) is 19.9 Å². The Morgan fingerprint density at radius 2 is 1.80 bits per heavy atom. The molecule has 0 bridgehead atoms. The highest BCUT2D eigenvalue weighted by molar-refractivity contribution is 5.76. The minimum absolute atomic E-state index is 0.371. The predicted molar refractivity (Wildman–Crippen MR) is 117 cm³/mol. The van der Waals surface area contributed by atoms with E-state index in [1.54, 1.807) is 0 Å². The van der Waals surface area contributed by atoms with Crippen molar-refractivity contribution in [3.63, 3.8) is 0 Å². The Balaban J connectivity index is 1.15. The molecule has 1 saturated carbocycles. The number of benzene rings is 1. The van der Waals surface area contributed by atoms with Crippen molar-refractivity contribution in [3.8, 4) is 11.4 Å². The minimum atomic E-state index is 0.371. The second kappa shape index (κ2) is 10.2. The van der Waals surface area contributed by atoms with E-state index in [1.807, 2.05) is 12.1 Å². The van der Waals surface area contributed by atoms with E-state index in [4.69, 9.17) is 4.52 Å². The van der Waals surface area contributed by atoms with Crippen molar-refractivity contribution >= 4 is 5.91 Å². The molecule has 1 aliphatic carbocycles. The maximum Gasteiger partial charge on any atom is 0.227 e. The molecule has 0 N–H and O–H groups in total. The van der Waals surface area contributed by atoms with Crippen LogP contribution in [0.4, 0.5) is 0 Å². The topological polar surface area (TPSA) is 62.5 Å². The molecule has 162 valence electrons. The van der Waals surface area contributed by atoms with Crippen LogP contribution in [0.2, 0.25) is 0 Å². The molecule has 4 rings (SSSR count). The number of aromatic nitrogens is 2. The van der Waals surface area contributed by atoms with Crippen molar-refractivity contribution in [2.45, 2.75) is 58.3 Å². The summed E-state index contributed by atoms with van der Waals surface area (Å²) in [5.41, 5.74) is 2.21. The van der Waals surface area contributed by atoms with E-state index in [9.17, 15) is 4.79 Å². The molecule has 30 heavy (non-hydrogen) atoms. The smallest absolute Gasteiger partial charge is 0.227 e. The quantitative estimate of drug-likeness (QED) is 0.688. The molecule has 1 aliphatic heterocycles. The zero-order chi connectivity index (χ0) is 20.8. The lowest BCUT2D eigenvalue weighted by Crippen LogP contribution is -2.49. The van der Waals surface area contributed by atoms with Gasteiger partial charge in [0.25, 0.3) is 0 Å². The van der Waals surface area contributed by atoms with Crippen molar-refractivity contribution in [2.75, 3.05) is 32.7 Å². The molecule has 1 saturated heterocycles. The van der Waals surface area contributed by atoms with Crippen LogP contribution in [0, 0.1) is 12.8 Å². The van der Waals surface area contributed by atoms with Crippen LogP contribution in [-0.4, -0.2) is 58.6 Å². The van der Waals surface area contributed by atoms with Crippen LogP contribution < -0.4 is 0 Å². The van der Waals surface area contributed by atoms with Gasteiger partial charge in [-0.05, 0) is 38.6 Å². The predicted octanol–water partition coefficient (Wildman–Crippen LogP) is 4.09. The monoisotopic (exact) mass is 410 g/mol. The molecule has 1 amide bonds. The Labute approximate surface area is 179 Å². The number of aryl methyl sites for hydroxylation is 2. The number of carbonyl (C=O) groups is 1. The van der Waals surface area contributed by atoms with Crippen LogP contribution in [0.3, 0.4) is 0 Å². The van der Waals surface area contributed by atoms with Crippen LogP contribution in [0.25, 0.3) is 11.4 Å². The third kappa shape index (κ3) is 5.69. The van der Waals surface area contributed by atoms with Gasteiger partial charge in [-0.25, -0.2) is 0 Å². The fourth-order valence-electron chi connectivity index (χ4n) is 4.62. The van der Waals surface area contributed by atoms with E-state index in [1.165, 1.54) is 37.7 Å². The average molecular weight is 411 g/mol. The third-order valence-electron chi connectivity index (χ3n) is 6.56. The first-order valence-electron chi connectivity index (χ1n) is 11.6. The van der Waals surface area contributed by atoms with Gasteiger partial charge in [0.05, 0.1) is 0 Å². The number of carbonyl (C=O) groups excluding carboxylic acids is 1. The minimum Gasteiger partial charge on any atom is -0.340 e. The SMILES string of the molecule is Cc1ccc(-c2noc(CCCN3CCN(C(=O)CC4CCCCC4)CC3)n2)cc1. The molecule has 6 nitrogen and oxygen atoms in total. The lowest BCUT2D eigenvalue weighted by molar-refractivity contribution is -0.134. The molecule has 0 atom stereocenters. The van der Waals surface area contributed by atoms with Gasteiger partial charge < -0.3 is 9.42 Å². The van der Waals surface area contributed by atoms with E-state index >= 15 is 0 Å². The second-order valence-electron chi connectivity index (χ2n) is 8.91. The summed E-state index contributed by atoms with van der Waals surface area (Å²) in [6.07, 6.45) is 8.99. The average Bonchev–Trinajstić information content (AvgIpc) is 3.24. The van der Waals surface area contributed by atoms with Gasteiger partial charge in [0.15, 0.2) is 0 Å². The Bertz CT molecular complexity index is 803. The first-order chi connectivity index (χ1) is 14.7. The summed E-state index contributed by atoms with van der Waals surface area (Å²) >= 11 is 0. The van der Waals surface area contributed by atoms with Crippen LogP contribution in [0.1, 0.15) is 56.4 Å². The van der Waals surface area contributed by atoms with Crippen molar-refractivity contribution < 1.29 is 9.32 Å². The summed E-state index contributed by atoms with van der Waals surface area (Å²) in [6.45, 7) is 6.74. The highest BCUT2D eigenvalue weighted by Gasteiger charge is 2.24. The highest BCUT2D eigenvalue weighted by atomic mass is 16.5. The van der Waals surface area contributed by atoms with Crippen LogP contribution in [-0.2, 0) is 11.2 Å². The molecule has 0 radical (unpaired) electrons. The number of amides is 1. The maximum absolute atomic E-state index is 12.6. The summed E-state index contributed by atoms with van der Waals surface area (Å²) in [4.78, 5) is 21.7. The van der Waals surface area contributed by atoms with Gasteiger partial charge in [-0.2, -0.15) is 4.98 Å². The Morgan fingerprint density at radius 3 is 2.53 bits per heavy atom. The molecule has 2 aliphatic rings. The van der Waals surface area contributed by atoms with Crippen LogP contribution >= 0.6 is 0 Å². The summed E-state index contributed by atoms with van der Waals surface area (Å²) in [6, 6.07) is 8.17. The summed E-state index contributed by atoms with van der Waals surface area (Å²) < 4.78 is 5.43. The van der Waals surface area contributed by atoms with Gasteiger partial charge in [-0.15, -0.1) is 0 Å². The van der Waals surface area contributed by atoms with Gasteiger partial charge in [0.2, 0.25) is 17.6 Å². The zero-order valence-corrected chi connectivity index (χ0v) is 18.2. The standard InChI is InChI=1S/C24H34N4O2/c1-19-9-11-21(12-10-19)24-25-22(30-26-24)8-5-13-27-14-16-28(17-15-27)23(29)18-20-6-3-2-4-7-20/h9-12,20H,2-8,13-18H2,1H3. The van der Waals surface area contributed by atoms with Gasteiger partial charge in [-0.3, -0.25) is 9.69 Å². The third-order valence-corrected chi connectivity index (χ3v) is 6.56. The lowest BCUT2D eigenvalue weighted by atomic mass is 9.86. The summed E-state index contributed by atoms with van der Waals surface area (Å²) in [5.74, 6) is 2.36. The van der Waals surface area contributed by atoms with Gasteiger partial charge in [0, 0.05) is 44.6 Å². The molecule has 2 fully saturated rings. The summed E-state index contributed by atoms with van der Waals surface area (Å²) in [7, 11) is 0. The number of hydrogen-bond donors (Lipinski definition) is 0. The maximum atomic E-state index is 12.6. The van der Waals surface area contributed by atoms with Crippen molar-refractivity contribution in [2.24, 2.45) is 5.92 Å². The normalized spacial score (nSPS) is 18.6. The van der Waals surface area contributed by atoms with E-state index in [2.05, 4.69) is 39.0 Å². The van der Waals surface area contributed by atoms with E-state index in [0.717, 1.165) is 57.5 Å². The Kier molecular flexibility index (Phi) is 7.16. The highest BCUT2D eigenvalue weighted by Crippen LogP contribution is 2.27. The van der Waals surface area contributed by atoms with Crippen molar-refractivity contribution in [3.05, 3.63) is 35.7 Å². The number of hydrogen-bond acceptors (Lipinski definition) is 5. The van der Waals surface area contributed by atoms with Gasteiger partial charge >= 0.3 is 0 Å². The fraction of sp³-hybridized carbons (Fsp3) is 0.625. The zero-order valence-electron chi connectivity index (χ0n) is 18.2. The van der Waals surface area contributed by atoms with Gasteiger partial charge in [0.1, 0.15) is 0 Å². The molecule has 1 aromatic carbocycles. The summed E-state index contributed by atoms with van der Waals surface area (Å²) in [5, 5.41) is 4.11. The van der Waals surface area contributed by atoms with E-state index in [0.29, 0.717) is 23.5 Å². The lowest BCUT2D eigenvalue weighted by Gasteiger charge is -2.35. The fourth-order valence-corrected chi connectivity index (χ4v) is 4.62. The second-order valence-corrected chi connectivity index (χ2v) is 8.91. The van der Waals surface area contributed by atoms with Gasteiger partial charge in [-0.1, -0.05) is 54.2 Å².